The monoisotopic (exact) mass is 329 g/mol. The van der Waals surface area contributed by atoms with E-state index in [0.717, 1.165) is 70.9 Å². The molecule has 0 rings (SSSR count). The van der Waals surface area contributed by atoms with Crippen molar-refractivity contribution in [3.8, 4) is 0 Å². The van der Waals surface area contributed by atoms with E-state index >= 15 is 0 Å². The predicted molar refractivity (Wildman–Crippen MR) is 94.8 cm³/mol. The molecule has 0 bridgehead atoms. The first-order chi connectivity index (χ1) is 11.2. The first kappa shape index (κ1) is 21.7. The minimum Gasteiger partial charge on any atom is -0.469 e. The highest BCUT2D eigenvalue weighted by molar-refractivity contribution is 5.79. The molecule has 0 radical (unpaired) electrons. The molecule has 6 nitrogen and oxygen atoms in total. The zero-order valence-electron chi connectivity index (χ0n) is 15.2. The molecule has 0 spiro atoms. The standard InChI is InChI=1S/C17H35N3O3/c1-4-6-14-23-15-10-13-20-17(18-5-2)19-12-9-7-8-11-16(21)22-3/h4-15H2,1-3H3,(H2,18,19,20). The van der Waals surface area contributed by atoms with Gasteiger partial charge in [-0.25, -0.2) is 0 Å². The molecule has 0 heterocycles. The van der Waals surface area contributed by atoms with Crippen LogP contribution in [0, 0.1) is 0 Å². The fraction of sp³-hybridized carbons (Fsp3) is 0.882. The Labute approximate surface area is 141 Å². The van der Waals surface area contributed by atoms with Crippen LogP contribution in [0.5, 0.6) is 0 Å². The smallest absolute Gasteiger partial charge is 0.305 e. The van der Waals surface area contributed by atoms with Crippen LogP contribution in [-0.4, -0.2) is 51.9 Å². The lowest BCUT2D eigenvalue weighted by molar-refractivity contribution is -0.140. The normalized spacial score (nSPS) is 11.3. The van der Waals surface area contributed by atoms with E-state index in [-0.39, 0.29) is 5.97 Å². The van der Waals surface area contributed by atoms with Gasteiger partial charge in [0.1, 0.15) is 0 Å². The maximum Gasteiger partial charge on any atom is 0.305 e. The number of esters is 1. The number of unbranched alkanes of at least 4 members (excludes halogenated alkanes) is 3. The second-order valence-electron chi connectivity index (χ2n) is 5.39. The van der Waals surface area contributed by atoms with Crippen LogP contribution in [0.25, 0.3) is 0 Å². The molecule has 0 unspecified atom stereocenters. The molecule has 0 aliphatic heterocycles. The lowest BCUT2D eigenvalue weighted by atomic mass is 10.2. The largest absolute Gasteiger partial charge is 0.469 e. The summed E-state index contributed by atoms with van der Waals surface area (Å²) in [6.45, 7) is 8.32. The Bertz CT molecular complexity index is 309. The summed E-state index contributed by atoms with van der Waals surface area (Å²) in [5.41, 5.74) is 0. The van der Waals surface area contributed by atoms with E-state index in [1.807, 2.05) is 0 Å². The summed E-state index contributed by atoms with van der Waals surface area (Å²) >= 11 is 0. The van der Waals surface area contributed by atoms with Crippen LogP contribution in [0.4, 0.5) is 0 Å². The van der Waals surface area contributed by atoms with Gasteiger partial charge in [-0.05, 0) is 32.6 Å². The zero-order chi connectivity index (χ0) is 17.2. The maximum absolute atomic E-state index is 11.0. The second-order valence-corrected chi connectivity index (χ2v) is 5.39. The third-order valence-electron chi connectivity index (χ3n) is 3.28. The van der Waals surface area contributed by atoms with Crippen LogP contribution in [0.15, 0.2) is 4.99 Å². The van der Waals surface area contributed by atoms with Gasteiger partial charge < -0.3 is 20.1 Å². The van der Waals surface area contributed by atoms with Crippen molar-refractivity contribution in [3.63, 3.8) is 0 Å². The summed E-state index contributed by atoms with van der Waals surface area (Å²) in [5.74, 6) is 0.725. The second kappa shape index (κ2) is 17.1. The van der Waals surface area contributed by atoms with Gasteiger partial charge in [-0.15, -0.1) is 0 Å². The highest BCUT2D eigenvalue weighted by atomic mass is 16.5. The Hall–Kier alpha value is -1.30. The van der Waals surface area contributed by atoms with Gasteiger partial charge in [0.2, 0.25) is 0 Å². The molecule has 0 aliphatic rings. The predicted octanol–water partition coefficient (Wildman–Crippen LogP) is 2.48. The van der Waals surface area contributed by atoms with E-state index in [1.54, 1.807) is 0 Å². The molecule has 0 amide bonds. The number of rotatable bonds is 14. The van der Waals surface area contributed by atoms with Gasteiger partial charge in [-0.3, -0.25) is 9.79 Å². The Kier molecular flexibility index (Phi) is 16.1. The van der Waals surface area contributed by atoms with Crippen molar-refractivity contribution in [1.29, 1.82) is 0 Å². The van der Waals surface area contributed by atoms with Gasteiger partial charge in [0.05, 0.1) is 7.11 Å². The summed E-state index contributed by atoms with van der Waals surface area (Å²) in [5, 5.41) is 6.55. The van der Waals surface area contributed by atoms with E-state index in [9.17, 15) is 4.79 Å². The van der Waals surface area contributed by atoms with Crippen molar-refractivity contribution >= 4 is 11.9 Å². The van der Waals surface area contributed by atoms with Crippen molar-refractivity contribution in [3.05, 3.63) is 0 Å². The molecule has 136 valence electrons. The molecule has 0 saturated heterocycles. The average Bonchev–Trinajstić information content (AvgIpc) is 2.56. The number of ether oxygens (including phenoxy) is 2. The molecular formula is C17H35N3O3. The Morgan fingerprint density at radius 1 is 1.00 bits per heavy atom. The highest BCUT2D eigenvalue weighted by Crippen LogP contribution is 2.00. The van der Waals surface area contributed by atoms with Crippen molar-refractivity contribution in [2.24, 2.45) is 4.99 Å². The van der Waals surface area contributed by atoms with Crippen molar-refractivity contribution < 1.29 is 14.3 Å². The molecule has 2 N–H and O–H groups in total. The van der Waals surface area contributed by atoms with Crippen molar-refractivity contribution in [1.82, 2.24) is 10.6 Å². The minimum atomic E-state index is -0.131. The molecule has 0 atom stereocenters. The number of aliphatic imine (C=N–C) groups is 1. The first-order valence-electron chi connectivity index (χ1n) is 8.91. The van der Waals surface area contributed by atoms with Crippen LogP contribution >= 0.6 is 0 Å². The molecular weight excluding hydrogens is 294 g/mol. The summed E-state index contributed by atoms with van der Waals surface area (Å²) in [7, 11) is 1.43. The summed E-state index contributed by atoms with van der Waals surface area (Å²) in [6.07, 6.45) is 6.64. The number of nitrogens with zero attached hydrogens (tertiary/aromatic N) is 1. The molecule has 0 aromatic carbocycles. The lowest BCUT2D eigenvalue weighted by Gasteiger charge is -2.11. The Morgan fingerprint density at radius 3 is 2.48 bits per heavy atom. The van der Waals surface area contributed by atoms with Crippen LogP contribution in [0.3, 0.4) is 0 Å². The quantitative estimate of drug-likeness (QED) is 0.222. The van der Waals surface area contributed by atoms with Crippen LogP contribution in [-0.2, 0) is 14.3 Å². The van der Waals surface area contributed by atoms with Crippen LogP contribution < -0.4 is 10.6 Å². The topological polar surface area (TPSA) is 72.0 Å². The highest BCUT2D eigenvalue weighted by Gasteiger charge is 2.00. The number of nitrogens with one attached hydrogen (secondary N) is 2. The van der Waals surface area contributed by atoms with Crippen LogP contribution in [0.2, 0.25) is 0 Å². The number of methoxy groups -OCH3 is 1. The molecule has 0 aromatic heterocycles. The van der Waals surface area contributed by atoms with E-state index in [0.29, 0.717) is 6.42 Å². The number of hydrogen-bond acceptors (Lipinski definition) is 4. The van der Waals surface area contributed by atoms with Gasteiger partial charge in [-0.2, -0.15) is 0 Å². The molecule has 0 saturated carbocycles. The molecule has 0 fully saturated rings. The number of carbonyl (C=O) groups is 1. The number of hydrogen-bond donors (Lipinski definition) is 2. The van der Waals surface area contributed by atoms with Gasteiger partial charge in [0.25, 0.3) is 0 Å². The van der Waals surface area contributed by atoms with E-state index < -0.39 is 0 Å². The van der Waals surface area contributed by atoms with E-state index in [1.165, 1.54) is 13.5 Å². The Morgan fingerprint density at radius 2 is 1.78 bits per heavy atom. The van der Waals surface area contributed by atoms with E-state index in [2.05, 4.69) is 34.2 Å². The van der Waals surface area contributed by atoms with Gasteiger partial charge in [0.15, 0.2) is 5.96 Å². The average molecular weight is 329 g/mol. The van der Waals surface area contributed by atoms with Gasteiger partial charge in [0, 0.05) is 39.3 Å². The minimum absolute atomic E-state index is 0.131. The molecule has 0 aliphatic carbocycles. The first-order valence-corrected chi connectivity index (χ1v) is 8.91. The summed E-state index contributed by atoms with van der Waals surface area (Å²) in [6, 6.07) is 0. The third-order valence-corrected chi connectivity index (χ3v) is 3.28. The number of carbonyl (C=O) groups excluding carboxylic acids is 1. The lowest BCUT2D eigenvalue weighted by Crippen LogP contribution is -2.37. The van der Waals surface area contributed by atoms with Gasteiger partial charge in [-0.1, -0.05) is 19.8 Å². The SMILES string of the molecule is CCCCOCCCN=C(NCC)NCCCCCC(=O)OC. The fourth-order valence-corrected chi connectivity index (χ4v) is 1.93. The summed E-state index contributed by atoms with van der Waals surface area (Å²) < 4.78 is 10.1. The number of guanidine groups is 1. The summed E-state index contributed by atoms with van der Waals surface area (Å²) in [4.78, 5) is 15.5. The van der Waals surface area contributed by atoms with Crippen molar-refractivity contribution in [2.75, 3.05) is 40.0 Å². The van der Waals surface area contributed by atoms with Crippen LogP contribution in [0.1, 0.15) is 58.8 Å². The molecule has 23 heavy (non-hydrogen) atoms. The van der Waals surface area contributed by atoms with E-state index in [4.69, 9.17) is 4.74 Å². The zero-order valence-corrected chi connectivity index (χ0v) is 15.2. The third kappa shape index (κ3) is 15.4. The van der Waals surface area contributed by atoms with Crippen molar-refractivity contribution in [2.45, 2.75) is 58.8 Å². The molecule has 0 aromatic rings. The molecule has 6 heteroatoms. The maximum atomic E-state index is 11.0. The Balaban J connectivity index is 3.67. The van der Waals surface area contributed by atoms with Gasteiger partial charge >= 0.3 is 5.97 Å². The fourth-order valence-electron chi connectivity index (χ4n) is 1.93.